The fraction of sp³-hybridized carbons (Fsp3) is 0.0714. The molecule has 0 heterocycles. The van der Waals surface area contributed by atoms with Crippen LogP contribution in [0.25, 0.3) is 0 Å². The molecule has 0 amide bonds. The van der Waals surface area contributed by atoms with Gasteiger partial charge in [0.2, 0.25) is 0 Å². The second-order valence-electron chi connectivity index (χ2n) is 3.99. The minimum Gasteiger partial charge on any atom is -0.457 e. The standard InChI is InChI=1S/C14H13NO4S/c16-14(19-10-11-4-2-1-3-5-11)12-6-8-13(9-7-12)15-20(17)18/h1-9,15H,10H2,(H,17,18). The number of nitrogens with one attached hydrogen (secondary N) is 1. The molecule has 104 valence electrons. The molecule has 0 aliphatic rings. The Kier molecular flexibility index (Phi) is 4.86. The van der Waals surface area contributed by atoms with E-state index in [0.717, 1.165) is 5.56 Å². The molecule has 0 bridgehead atoms. The lowest BCUT2D eigenvalue weighted by Crippen LogP contribution is -2.06. The zero-order valence-corrected chi connectivity index (χ0v) is 11.3. The van der Waals surface area contributed by atoms with E-state index in [9.17, 15) is 9.00 Å². The number of hydrogen-bond donors (Lipinski definition) is 2. The van der Waals surface area contributed by atoms with Gasteiger partial charge in [-0.05, 0) is 29.8 Å². The van der Waals surface area contributed by atoms with Crippen LogP contribution in [0.4, 0.5) is 5.69 Å². The third-order valence-electron chi connectivity index (χ3n) is 2.54. The molecule has 0 spiro atoms. The highest BCUT2D eigenvalue weighted by molar-refractivity contribution is 7.80. The van der Waals surface area contributed by atoms with E-state index in [4.69, 9.17) is 9.29 Å². The Balaban J connectivity index is 1.94. The molecule has 0 aliphatic carbocycles. The van der Waals surface area contributed by atoms with E-state index in [1.54, 1.807) is 0 Å². The summed E-state index contributed by atoms with van der Waals surface area (Å²) in [6, 6.07) is 15.5. The van der Waals surface area contributed by atoms with Crippen LogP contribution >= 0.6 is 0 Å². The Morgan fingerprint density at radius 2 is 1.75 bits per heavy atom. The third kappa shape index (κ3) is 4.18. The Bertz CT molecular complexity index is 598. The molecule has 20 heavy (non-hydrogen) atoms. The van der Waals surface area contributed by atoms with E-state index in [1.807, 2.05) is 30.3 Å². The van der Waals surface area contributed by atoms with Crippen LogP contribution in [0.2, 0.25) is 0 Å². The average Bonchev–Trinajstić information content (AvgIpc) is 2.46. The molecule has 0 aromatic heterocycles. The second-order valence-corrected chi connectivity index (χ2v) is 4.69. The number of esters is 1. The molecule has 5 nitrogen and oxygen atoms in total. The summed E-state index contributed by atoms with van der Waals surface area (Å²) >= 11 is -2.13. The van der Waals surface area contributed by atoms with Gasteiger partial charge in [-0.15, -0.1) is 0 Å². The van der Waals surface area contributed by atoms with Gasteiger partial charge in [-0.2, -0.15) is 0 Å². The van der Waals surface area contributed by atoms with Crippen molar-refractivity contribution in [2.24, 2.45) is 0 Å². The fourth-order valence-electron chi connectivity index (χ4n) is 1.58. The minimum atomic E-state index is -2.13. The van der Waals surface area contributed by atoms with E-state index in [-0.39, 0.29) is 6.61 Å². The summed E-state index contributed by atoms with van der Waals surface area (Å²) in [5, 5.41) is 0. The van der Waals surface area contributed by atoms with Gasteiger partial charge in [0.1, 0.15) is 6.61 Å². The number of anilines is 1. The van der Waals surface area contributed by atoms with Crippen LogP contribution in [0.1, 0.15) is 15.9 Å². The SMILES string of the molecule is O=C(OCc1ccccc1)c1ccc(NS(=O)O)cc1. The fourth-order valence-corrected chi connectivity index (χ4v) is 1.92. The van der Waals surface area contributed by atoms with Gasteiger partial charge >= 0.3 is 5.97 Å². The lowest BCUT2D eigenvalue weighted by Gasteiger charge is -2.06. The number of rotatable bonds is 5. The highest BCUT2D eigenvalue weighted by Gasteiger charge is 2.07. The number of ether oxygens (including phenoxy) is 1. The van der Waals surface area contributed by atoms with Crippen molar-refractivity contribution in [2.45, 2.75) is 6.61 Å². The van der Waals surface area contributed by atoms with Crippen LogP contribution in [-0.4, -0.2) is 14.7 Å². The van der Waals surface area contributed by atoms with Gasteiger partial charge in [-0.1, -0.05) is 30.3 Å². The largest absolute Gasteiger partial charge is 0.457 e. The number of hydrogen-bond acceptors (Lipinski definition) is 3. The van der Waals surface area contributed by atoms with Gasteiger partial charge in [-0.25, -0.2) is 9.00 Å². The quantitative estimate of drug-likeness (QED) is 0.656. The van der Waals surface area contributed by atoms with Crippen LogP contribution < -0.4 is 4.72 Å². The summed E-state index contributed by atoms with van der Waals surface area (Å²) in [6.45, 7) is 0.209. The van der Waals surface area contributed by atoms with Crippen molar-refractivity contribution in [3.8, 4) is 0 Å². The Morgan fingerprint density at radius 1 is 1.10 bits per heavy atom. The average molecular weight is 291 g/mol. The smallest absolute Gasteiger partial charge is 0.338 e. The van der Waals surface area contributed by atoms with E-state index < -0.39 is 17.2 Å². The molecule has 0 saturated carbocycles. The van der Waals surface area contributed by atoms with Gasteiger partial charge in [-0.3, -0.25) is 9.27 Å². The second kappa shape index (κ2) is 6.83. The van der Waals surface area contributed by atoms with Crippen molar-refractivity contribution >= 4 is 22.9 Å². The Hall–Kier alpha value is -2.18. The molecule has 0 aliphatic heterocycles. The van der Waals surface area contributed by atoms with Crippen molar-refractivity contribution in [3.63, 3.8) is 0 Å². The molecule has 2 aromatic rings. The molecular weight excluding hydrogens is 278 g/mol. The number of carbonyl (C=O) groups excluding carboxylic acids is 1. The summed E-state index contributed by atoms with van der Waals surface area (Å²) in [5.74, 6) is -0.439. The highest BCUT2D eigenvalue weighted by Crippen LogP contribution is 2.12. The molecule has 2 rings (SSSR count). The first kappa shape index (κ1) is 14.2. The summed E-state index contributed by atoms with van der Waals surface area (Å²) in [4.78, 5) is 11.8. The zero-order chi connectivity index (χ0) is 14.4. The maximum Gasteiger partial charge on any atom is 0.338 e. The third-order valence-corrected chi connectivity index (χ3v) is 2.95. The Morgan fingerprint density at radius 3 is 2.35 bits per heavy atom. The van der Waals surface area contributed by atoms with Crippen LogP contribution in [0.3, 0.4) is 0 Å². The van der Waals surface area contributed by atoms with Crippen molar-refractivity contribution < 1.29 is 18.3 Å². The van der Waals surface area contributed by atoms with Gasteiger partial charge < -0.3 is 4.74 Å². The van der Waals surface area contributed by atoms with E-state index in [0.29, 0.717) is 11.3 Å². The number of carbonyl (C=O) groups is 1. The minimum absolute atomic E-state index is 0.209. The van der Waals surface area contributed by atoms with E-state index in [1.165, 1.54) is 24.3 Å². The van der Waals surface area contributed by atoms with Crippen LogP contribution in [-0.2, 0) is 22.6 Å². The first-order valence-electron chi connectivity index (χ1n) is 5.84. The normalized spacial score (nSPS) is 11.7. The topological polar surface area (TPSA) is 75.6 Å². The van der Waals surface area contributed by atoms with Crippen molar-refractivity contribution in [2.75, 3.05) is 4.72 Å². The molecule has 2 aromatic carbocycles. The lowest BCUT2D eigenvalue weighted by molar-refractivity contribution is 0.0473. The number of benzene rings is 2. The van der Waals surface area contributed by atoms with Crippen molar-refractivity contribution in [1.82, 2.24) is 0 Å². The van der Waals surface area contributed by atoms with Gasteiger partial charge in [0.15, 0.2) is 0 Å². The lowest BCUT2D eigenvalue weighted by atomic mass is 10.2. The molecule has 1 atom stereocenters. The molecule has 1 unspecified atom stereocenters. The van der Waals surface area contributed by atoms with E-state index >= 15 is 0 Å². The zero-order valence-electron chi connectivity index (χ0n) is 10.5. The monoisotopic (exact) mass is 291 g/mol. The summed E-state index contributed by atoms with van der Waals surface area (Å²) in [7, 11) is 0. The van der Waals surface area contributed by atoms with Crippen molar-refractivity contribution in [3.05, 3.63) is 65.7 Å². The van der Waals surface area contributed by atoms with Crippen LogP contribution in [0, 0.1) is 0 Å². The molecule has 0 fully saturated rings. The predicted molar refractivity (Wildman–Crippen MR) is 76.4 cm³/mol. The molecular formula is C14H13NO4S. The predicted octanol–water partition coefficient (Wildman–Crippen LogP) is 2.59. The van der Waals surface area contributed by atoms with Gasteiger partial charge in [0.05, 0.1) is 5.56 Å². The highest BCUT2D eigenvalue weighted by atomic mass is 32.2. The summed E-state index contributed by atoms with van der Waals surface area (Å²) < 4.78 is 26.7. The first-order valence-corrected chi connectivity index (χ1v) is 6.94. The van der Waals surface area contributed by atoms with Crippen LogP contribution in [0.15, 0.2) is 54.6 Å². The molecule has 0 saturated heterocycles. The van der Waals surface area contributed by atoms with Crippen molar-refractivity contribution in [1.29, 1.82) is 0 Å². The molecule has 2 N–H and O–H groups in total. The summed E-state index contributed by atoms with van der Waals surface area (Å²) in [6.07, 6.45) is 0. The molecule has 0 radical (unpaired) electrons. The van der Waals surface area contributed by atoms with Gasteiger partial charge in [0, 0.05) is 5.69 Å². The van der Waals surface area contributed by atoms with Gasteiger partial charge in [0.25, 0.3) is 11.3 Å². The molecule has 6 heteroatoms. The maximum atomic E-state index is 11.8. The maximum absolute atomic E-state index is 11.8. The van der Waals surface area contributed by atoms with Crippen LogP contribution in [0.5, 0.6) is 0 Å². The Labute approximate surface area is 119 Å². The first-order chi connectivity index (χ1) is 9.65. The van der Waals surface area contributed by atoms with E-state index in [2.05, 4.69) is 4.72 Å². The summed E-state index contributed by atoms with van der Waals surface area (Å²) in [5.41, 5.74) is 1.75.